The number of para-hydroxylation sites is 1. The smallest absolute Gasteiger partial charge is 0.358 e. The molecule has 5 nitrogen and oxygen atoms in total. The quantitative estimate of drug-likeness (QED) is 0.212. The number of rotatable bonds is 10. The lowest BCUT2D eigenvalue weighted by Gasteiger charge is -2.16. The number of aromatic nitrogens is 1. The summed E-state index contributed by atoms with van der Waals surface area (Å²) in [6, 6.07) is 15.5. The molecule has 0 atom stereocenters. The molecular weight excluding hydrogens is 452 g/mol. The van der Waals surface area contributed by atoms with E-state index in [0.29, 0.717) is 17.3 Å². The van der Waals surface area contributed by atoms with Gasteiger partial charge in [0.15, 0.2) is 5.71 Å². The molecular formula is C23H25ClN2O3S2. The third-order valence-electron chi connectivity index (χ3n) is 4.80. The van der Waals surface area contributed by atoms with Gasteiger partial charge in [-0.15, -0.1) is 23.5 Å². The normalized spacial score (nSPS) is 12.0. The van der Waals surface area contributed by atoms with E-state index in [4.69, 9.17) is 16.4 Å². The van der Waals surface area contributed by atoms with Crippen LogP contribution < -0.4 is 0 Å². The Bertz CT molecular complexity index is 1090. The minimum absolute atomic E-state index is 0.133. The van der Waals surface area contributed by atoms with Crippen LogP contribution in [0.5, 0.6) is 0 Å². The fourth-order valence-electron chi connectivity index (χ4n) is 3.55. The molecule has 3 aromatic rings. The first-order chi connectivity index (χ1) is 15.0. The molecule has 0 bridgehead atoms. The van der Waals surface area contributed by atoms with Crippen molar-refractivity contribution in [3.05, 3.63) is 70.4 Å². The first-order valence-corrected chi connectivity index (χ1v) is 12.4. The third kappa shape index (κ3) is 5.05. The SMILES string of the molecule is CCSC(SCC)c1c(Cl)n(Cc2ccccc2C(=NOC)C(=O)O)c2ccccc12. The molecule has 0 fully saturated rings. The van der Waals surface area contributed by atoms with Gasteiger partial charge in [-0.25, -0.2) is 4.79 Å². The molecule has 0 unspecified atom stereocenters. The van der Waals surface area contributed by atoms with Gasteiger partial charge in [0.1, 0.15) is 12.3 Å². The maximum absolute atomic E-state index is 11.8. The van der Waals surface area contributed by atoms with Gasteiger partial charge in [-0.1, -0.05) is 73.1 Å². The highest BCUT2D eigenvalue weighted by Gasteiger charge is 2.24. The van der Waals surface area contributed by atoms with Gasteiger partial charge in [0.25, 0.3) is 0 Å². The highest BCUT2D eigenvalue weighted by molar-refractivity contribution is 8.16. The van der Waals surface area contributed by atoms with E-state index >= 15 is 0 Å². The second-order valence-electron chi connectivity index (χ2n) is 6.64. The van der Waals surface area contributed by atoms with Crippen LogP contribution >= 0.6 is 35.1 Å². The molecule has 0 saturated heterocycles. The van der Waals surface area contributed by atoms with Crippen LogP contribution in [0.25, 0.3) is 10.9 Å². The van der Waals surface area contributed by atoms with E-state index < -0.39 is 5.97 Å². The standard InChI is InChI=1S/C23H25ClN2O3S2/c1-4-30-23(31-5-2)19-17-12-8-9-13-18(17)26(21(19)24)14-15-10-6-7-11-16(15)20(22(27)28)25-29-3/h6-13,23H,4-5,14H2,1-3H3,(H,27,28). The van der Waals surface area contributed by atoms with Crippen molar-refractivity contribution in [1.82, 2.24) is 4.57 Å². The summed E-state index contributed by atoms with van der Waals surface area (Å²) in [5.74, 6) is 0.842. The van der Waals surface area contributed by atoms with E-state index in [-0.39, 0.29) is 10.3 Å². The number of carboxylic acid groups (broad SMARTS) is 1. The summed E-state index contributed by atoms with van der Waals surface area (Å²) in [6.45, 7) is 4.73. The van der Waals surface area contributed by atoms with Crippen molar-refractivity contribution >= 4 is 57.7 Å². The summed E-state index contributed by atoms with van der Waals surface area (Å²) >= 11 is 10.7. The lowest BCUT2D eigenvalue weighted by Crippen LogP contribution is -2.18. The van der Waals surface area contributed by atoms with E-state index in [1.54, 1.807) is 12.1 Å². The average Bonchev–Trinajstić information content (AvgIpc) is 3.04. The van der Waals surface area contributed by atoms with Crippen LogP contribution in [0.15, 0.2) is 53.7 Å². The van der Waals surface area contributed by atoms with Crippen LogP contribution in [0.4, 0.5) is 0 Å². The molecule has 0 spiro atoms. The number of hydrogen-bond donors (Lipinski definition) is 1. The summed E-state index contributed by atoms with van der Waals surface area (Å²) < 4.78 is 2.28. The van der Waals surface area contributed by atoms with Gasteiger partial charge in [-0.3, -0.25) is 0 Å². The number of carbonyl (C=O) groups is 1. The number of carboxylic acids is 1. The van der Waals surface area contributed by atoms with Crippen LogP contribution in [-0.2, 0) is 16.2 Å². The molecule has 0 saturated carbocycles. The number of halogens is 1. The number of hydrogen-bond acceptors (Lipinski definition) is 5. The van der Waals surface area contributed by atoms with Crippen molar-refractivity contribution in [2.45, 2.75) is 25.0 Å². The van der Waals surface area contributed by atoms with Crippen molar-refractivity contribution in [3.63, 3.8) is 0 Å². The molecule has 1 aromatic heterocycles. The summed E-state index contributed by atoms with van der Waals surface area (Å²) in [6.07, 6.45) is 0. The predicted octanol–water partition coefficient (Wildman–Crippen LogP) is 6.28. The second kappa shape index (κ2) is 11.0. The first kappa shape index (κ1) is 23.6. The maximum atomic E-state index is 11.8. The minimum atomic E-state index is -1.14. The predicted molar refractivity (Wildman–Crippen MR) is 133 cm³/mol. The van der Waals surface area contributed by atoms with Gasteiger partial charge in [-0.05, 0) is 23.1 Å². The fraction of sp³-hybridized carbons (Fsp3) is 0.304. The van der Waals surface area contributed by atoms with Crippen LogP contribution in [0, 0.1) is 0 Å². The summed E-state index contributed by atoms with van der Waals surface area (Å²) in [7, 11) is 1.34. The highest BCUT2D eigenvalue weighted by atomic mass is 35.5. The van der Waals surface area contributed by atoms with Crippen molar-refractivity contribution in [2.24, 2.45) is 5.16 Å². The Balaban J connectivity index is 2.15. The lowest BCUT2D eigenvalue weighted by atomic mass is 10.0. The summed E-state index contributed by atoms with van der Waals surface area (Å²) in [5, 5.41) is 15.2. The van der Waals surface area contributed by atoms with E-state index in [0.717, 1.165) is 33.5 Å². The number of nitrogens with zero attached hydrogens (tertiary/aromatic N) is 2. The van der Waals surface area contributed by atoms with Gasteiger partial charge < -0.3 is 14.5 Å². The van der Waals surface area contributed by atoms with Crippen molar-refractivity contribution in [1.29, 1.82) is 0 Å². The van der Waals surface area contributed by atoms with Gasteiger partial charge in [-0.2, -0.15) is 0 Å². The van der Waals surface area contributed by atoms with Crippen LogP contribution in [-0.4, -0.2) is 40.0 Å². The van der Waals surface area contributed by atoms with Gasteiger partial charge in [0.05, 0.1) is 4.58 Å². The maximum Gasteiger partial charge on any atom is 0.358 e. The lowest BCUT2D eigenvalue weighted by molar-refractivity contribution is -0.129. The Morgan fingerprint density at radius 3 is 2.42 bits per heavy atom. The number of fused-ring (bicyclic) bond motifs is 1. The monoisotopic (exact) mass is 476 g/mol. The zero-order valence-corrected chi connectivity index (χ0v) is 20.1. The Hall–Kier alpha value is -2.09. The summed E-state index contributed by atoms with van der Waals surface area (Å²) in [5.41, 5.74) is 3.33. The molecule has 1 N–H and O–H groups in total. The molecule has 1 heterocycles. The molecule has 0 amide bonds. The first-order valence-electron chi connectivity index (χ1n) is 9.95. The molecule has 3 rings (SSSR count). The van der Waals surface area contributed by atoms with E-state index in [2.05, 4.69) is 35.7 Å². The molecule has 0 aliphatic carbocycles. The van der Waals surface area contributed by atoms with E-state index in [1.165, 1.54) is 7.11 Å². The van der Waals surface area contributed by atoms with Crippen LogP contribution in [0.3, 0.4) is 0 Å². The topological polar surface area (TPSA) is 63.8 Å². The summed E-state index contributed by atoms with van der Waals surface area (Å²) in [4.78, 5) is 16.5. The second-order valence-corrected chi connectivity index (χ2v) is 10.1. The zero-order valence-electron chi connectivity index (χ0n) is 17.7. The molecule has 0 aliphatic rings. The number of benzene rings is 2. The van der Waals surface area contributed by atoms with Crippen LogP contribution in [0.2, 0.25) is 5.15 Å². The Labute approximate surface area is 195 Å². The molecule has 31 heavy (non-hydrogen) atoms. The van der Waals surface area contributed by atoms with Crippen molar-refractivity contribution in [2.75, 3.05) is 18.6 Å². The number of thioether (sulfide) groups is 2. The highest BCUT2D eigenvalue weighted by Crippen LogP contribution is 2.47. The van der Waals surface area contributed by atoms with Gasteiger partial charge in [0.2, 0.25) is 0 Å². The van der Waals surface area contributed by atoms with Gasteiger partial charge >= 0.3 is 5.97 Å². The van der Waals surface area contributed by atoms with E-state index in [1.807, 2.05) is 47.8 Å². The molecule has 0 aliphatic heterocycles. The third-order valence-corrected chi connectivity index (χ3v) is 7.77. The minimum Gasteiger partial charge on any atom is -0.476 e. The molecule has 0 radical (unpaired) electrons. The van der Waals surface area contributed by atoms with Gasteiger partial charge in [0, 0.05) is 28.6 Å². The number of oxime groups is 1. The van der Waals surface area contributed by atoms with Crippen LogP contribution in [0.1, 0.15) is 35.1 Å². The average molecular weight is 477 g/mol. The number of aliphatic carboxylic acids is 1. The Morgan fingerprint density at radius 2 is 1.77 bits per heavy atom. The van der Waals surface area contributed by atoms with Crippen molar-refractivity contribution in [3.8, 4) is 0 Å². The van der Waals surface area contributed by atoms with Crippen molar-refractivity contribution < 1.29 is 14.7 Å². The fourth-order valence-corrected chi connectivity index (χ4v) is 6.66. The molecule has 164 valence electrons. The largest absolute Gasteiger partial charge is 0.476 e. The Morgan fingerprint density at radius 1 is 1.13 bits per heavy atom. The Kier molecular flexibility index (Phi) is 8.35. The molecule has 2 aromatic carbocycles. The van der Waals surface area contributed by atoms with E-state index in [9.17, 15) is 9.90 Å². The molecule has 8 heteroatoms. The zero-order chi connectivity index (χ0) is 22.4.